The van der Waals surface area contributed by atoms with Crippen molar-refractivity contribution in [1.82, 2.24) is 10.9 Å². The lowest BCUT2D eigenvalue weighted by atomic mass is 10.3. The Morgan fingerprint density at radius 1 is 1.22 bits per heavy atom. The van der Waals surface area contributed by atoms with E-state index in [-0.39, 0.29) is 18.6 Å². The fraction of sp³-hybridized carbons (Fsp3) is 0.429. The number of anilines is 1. The van der Waals surface area contributed by atoms with E-state index in [4.69, 9.17) is 16.1 Å². The Bertz CT molecular complexity index is 592. The number of hydrazine groups is 1. The van der Waals surface area contributed by atoms with Crippen molar-refractivity contribution in [2.75, 3.05) is 37.6 Å². The van der Waals surface area contributed by atoms with Crippen molar-refractivity contribution in [1.29, 1.82) is 0 Å². The van der Waals surface area contributed by atoms with Gasteiger partial charge in [-0.1, -0.05) is 0 Å². The fourth-order valence-corrected chi connectivity index (χ4v) is 3.81. The zero-order chi connectivity index (χ0) is 17.5. The zero-order valence-electron chi connectivity index (χ0n) is 13.3. The molecule has 23 heavy (non-hydrogen) atoms. The van der Waals surface area contributed by atoms with Gasteiger partial charge in [-0.2, -0.15) is 0 Å². The predicted octanol–water partition coefficient (Wildman–Crippen LogP) is 1.08. The van der Waals surface area contributed by atoms with E-state index in [1.54, 1.807) is 24.3 Å². The Hall–Kier alpha value is -1.56. The Morgan fingerprint density at radius 3 is 2.30 bits per heavy atom. The summed E-state index contributed by atoms with van der Waals surface area (Å²) in [5.74, 6) is -0.868. The van der Waals surface area contributed by atoms with Crippen LogP contribution < -0.4 is 21.1 Å². The highest BCUT2D eigenvalue weighted by Gasteiger charge is 2.29. The van der Waals surface area contributed by atoms with Gasteiger partial charge in [0.25, 0.3) is 0 Å². The number of alkyl halides is 1. The highest BCUT2D eigenvalue weighted by Crippen LogP contribution is 2.45. The first-order valence-electron chi connectivity index (χ1n) is 6.91. The number of hydrogen-bond donors (Lipinski definition) is 2. The Labute approximate surface area is 140 Å². The second-order valence-electron chi connectivity index (χ2n) is 4.99. The lowest BCUT2D eigenvalue weighted by Gasteiger charge is -2.19. The summed E-state index contributed by atoms with van der Waals surface area (Å²) >= 11 is 5.59. The summed E-state index contributed by atoms with van der Waals surface area (Å²) in [5.41, 5.74) is 5.26. The number of halogens is 1. The first-order valence-corrected chi connectivity index (χ1v) is 9.26. The van der Waals surface area contributed by atoms with Gasteiger partial charge in [-0.15, -0.1) is 11.6 Å². The van der Waals surface area contributed by atoms with E-state index >= 15 is 0 Å². The molecule has 2 amide bonds. The van der Waals surface area contributed by atoms with E-state index in [1.165, 1.54) is 6.92 Å². The highest BCUT2D eigenvalue weighted by molar-refractivity contribution is 7.67. The van der Waals surface area contributed by atoms with Gasteiger partial charge >= 0.3 is 0 Å². The van der Waals surface area contributed by atoms with Crippen LogP contribution in [0.2, 0.25) is 0 Å². The van der Waals surface area contributed by atoms with E-state index in [1.807, 2.05) is 19.0 Å². The van der Waals surface area contributed by atoms with E-state index in [2.05, 4.69) is 10.9 Å². The van der Waals surface area contributed by atoms with Crippen LogP contribution in [0.25, 0.3) is 0 Å². The molecular weight excluding hydrogens is 341 g/mol. The third-order valence-corrected chi connectivity index (χ3v) is 5.41. The van der Waals surface area contributed by atoms with Crippen LogP contribution in [-0.2, 0) is 18.7 Å². The molecule has 0 bridgehead atoms. The van der Waals surface area contributed by atoms with Gasteiger partial charge in [0, 0.05) is 37.9 Å². The van der Waals surface area contributed by atoms with Crippen LogP contribution in [0.15, 0.2) is 24.3 Å². The molecular formula is C14H21ClN3O4P. The Kier molecular flexibility index (Phi) is 7.55. The van der Waals surface area contributed by atoms with Crippen LogP contribution in [-0.4, -0.2) is 44.6 Å². The average Bonchev–Trinajstić information content (AvgIpc) is 2.51. The molecule has 0 saturated carbocycles. The molecule has 0 aliphatic rings. The Balaban J connectivity index is 2.94. The minimum atomic E-state index is -3.42. The van der Waals surface area contributed by atoms with Crippen molar-refractivity contribution in [3.05, 3.63) is 24.3 Å². The van der Waals surface area contributed by atoms with Crippen LogP contribution in [0.4, 0.5) is 5.69 Å². The minimum Gasteiger partial charge on any atom is -0.378 e. The second-order valence-corrected chi connectivity index (χ2v) is 7.81. The van der Waals surface area contributed by atoms with Gasteiger partial charge < -0.3 is 9.42 Å². The standard InChI is InChI=1S/C14H21ClN3O4P/c1-11(19)16-17-14(20)10-23(21,22-9-8-15)13-6-4-12(5-7-13)18(2)3/h4-7H,8-10H2,1-3H3,(H,16,19)(H,17,20). The third-order valence-electron chi connectivity index (χ3n) is 2.87. The molecule has 1 unspecified atom stereocenters. The smallest absolute Gasteiger partial charge is 0.248 e. The van der Waals surface area contributed by atoms with Crippen LogP contribution in [0, 0.1) is 0 Å². The first-order chi connectivity index (χ1) is 10.8. The largest absolute Gasteiger partial charge is 0.378 e. The molecule has 0 radical (unpaired) electrons. The van der Waals surface area contributed by atoms with Crippen LogP contribution in [0.1, 0.15) is 6.92 Å². The quantitative estimate of drug-likeness (QED) is 0.431. The fourth-order valence-electron chi connectivity index (χ4n) is 1.76. The molecule has 1 rings (SSSR count). The van der Waals surface area contributed by atoms with Crippen molar-refractivity contribution in [3.8, 4) is 0 Å². The monoisotopic (exact) mass is 361 g/mol. The molecule has 1 aromatic carbocycles. The first kappa shape index (κ1) is 19.5. The molecule has 0 spiro atoms. The van der Waals surface area contributed by atoms with Crippen molar-refractivity contribution >= 4 is 41.8 Å². The maximum atomic E-state index is 13.0. The zero-order valence-corrected chi connectivity index (χ0v) is 15.0. The molecule has 1 aromatic rings. The number of carbonyl (C=O) groups is 2. The van der Waals surface area contributed by atoms with Gasteiger partial charge in [0.2, 0.25) is 19.2 Å². The summed E-state index contributed by atoms with van der Waals surface area (Å²) in [7, 11) is 0.356. The summed E-state index contributed by atoms with van der Waals surface area (Å²) in [6, 6.07) is 6.90. The summed E-state index contributed by atoms with van der Waals surface area (Å²) in [6.07, 6.45) is -0.383. The molecule has 0 aliphatic carbocycles. The number of carbonyl (C=O) groups excluding carboxylic acids is 2. The summed E-state index contributed by atoms with van der Waals surface area (Å²) in [4.78, 5) is 24.6. The summed E-state index contributed by atoms with van der Waals surface area (Å²) < 4.78 is 18.4. The highest BCUT2D eigenvalue weighted by atomic mass is 35.5. The molecule has 0 aliphatic heterocycles. The van der Waals surface area contributed by atoms with Gasteiger partial charge in [-0.05, 0) is 24.3 Å². The van der Waals surface area contributed by atoms with Gasteiger partial charge in [0.05, 0.1) is 6.61 Å². The molecule has 0 aromatic heterocycles. The number of nitrogens with one attached hydrogen (secondary N) is 2. The van der Waals surface area contributed by atoms with Crippen LogP contribution in [0.3, 0.4) is 0 Å². The maximum Gasteiger partial charge on any atom is 0.248 e. The molecule has 0 heterocycles. The lowest BCUT2D eigenvalue weighted by molar-refractivity contribution is -0.126. The van der Waals surface area contributed by atoms with Crippen LogP contribution in [0.5, 0.6) is 0 Å². The SMILES string of the molecule is CC(=O)NNC(=O)CP(=O)(OCCCl)c1ccc(N(C)C)cc1. The molecule has 128 valence electrons. The molecule has 9 heteroatoms. The van der Waals surface area contributed by atoms with Crippen molar-refractivity contribution in [2.45, 2.75) is 6.92 Å². The van der Waals surface area contributed by atoms with E-state index < -0.39 is 19.2 Å². The van der Waals surface area contributed by atoms with Crippen molar-refractivity contribution < 1.29 is 18.7 Å². The molecule has 7 nitrogen and oxygen atoms in total. The van der Waals surface area contributed by atoms with Gasteiger partial charge in [-0.3, -0.25) is 25.0 Å². The van der Waals surface area contributed by atoms with E-state index in [0.29, 0.717) is 5.30 Å². The molecule has 2 N–H and O–H groups in total. The van der Waals surface area contributed by atoms with Gasteiger partial charge in [0.15, 0.2) is 0 Å². The second kappa shape index (κ2) is 8.91. The number of benzene rings is 1. The normalized spacial score (nSPS) is 13.0. The van der Waals surface area contributed by atoms with Crippen molar-refractivity contribution in [2.24, 2.45) is 0 Å². The van der Waals surface area contributed by atoms with E-state index in [0.717, 1.165) is 5.69 Å². The molecule has 0 fully saturated rings. The lowest BCUT2D eigenvalue weighted by Crippen LogP contribution is -2.42. The van der Waals surface area contributed by atoms with Crippen molar-refractivity contribution in [3.63, 3.8) is 0 Å². The Morgan fingerprint density at radius 2 is 1.83 bits per heavy atom. The number of rotatable bonds is 7. The maximum absolute atomic E-state index is 13.0. The average molecular weight is 362 g/mol. The topological polar surface area (TPSA) is 87.7 Å². The molecule has 0 saturated heterocycles. The van der Waals surface area contributed by atoms with Crippen LogP contribution >= 0.6 is 19.0 Å². The minimum absolute atomic E-state index is 0.0572. The summed E-state index contributed by atoms with van der Waals surface area (Å²) in [5, 5.41) is 0.422. The molecule has 1 atom stereocenters. The van der Waals surface area contributed by atoms with E-state index in [9.17, 15) is 14.2 Å². The predicted molar refractivity (Wildman–Crippen MR) is 91.5 cm³/mol. The number of amides is 2. The van der Waals surface area contributed by atoms with Gasteiger partial charge in [0.1, 0.15) is 6.16 Å². The van der Waals surface area contributed by atoms with Gasteiger partial charge in [-0.25, -0.2) is 0 Å². The number of nitrogens with zero attached hydrogens (tertiary/aromatic N) is 1. The number of hydrogen-bond acceptors (Lipinski definition) is 5. The third kappa shape index (κ3) is 6.22. The summed E-state index contributed by atoms with van der Waals surface area (Å²) in [6.45, 7) is 1.31.